The zero-order valence-corrected chi connectivity index (χ0v) is 15.8. The van der Waals surface area contributed by atoms with Gasteiger partial charge in [0, 0.05) is 29.2 Å². The summed E-state index contributed by atoms with van der Waals surface area (Å²) in [4.78, 5) is 23.8. The zero-order chi connectivity index (χ0) is 19.9. The van der Waals surface area contributed by atoms with E-state index in [4.69, 9.17) is 4.74 Å². The summed E-state index contributed by atoms with van der Waals surface area (Å²) in [6.07, 6.45) is 4.78. The highest BCUT2D eigenvalue weighted by Gasteiger charge is 2.07. The van der Waals surface area contributed by atoms with Crippen molar-refractivity contribution in [2.24, 2.45) is 0 Å². The summed E-state index contributed by atoms with van der Waals surface area (Å²) in [5.74, 6) is -0.577. The molecule has 0 aliphatic rings. The van der Waals surface area contributed by atoms with Crippen LogP contribution in [0.4, 0.5) is 5.69 Å². The minimum atomic E-state index is -0.381. The molecule has 1 N–H and O–H groups in total. The molecule has 0 unspecified atom stereocenters. The maximum absolute atomic E-state index is 12.4. The molecule has 3 aromatic rings. The Morgan fingerprint density at radius 1 is 1.07 bits per heavy atom. The lowest BCUT2D eigenvalue weighted by atomic mass is 10.1. The molecule has 0 fully saturated rings. The summed E-state index contributed by atoms with van der Waals surface area (Å²) in [6.45, 7) is 4.07. The van der Waals surface area contributed by atoms with Crippen molar-refractivity contribution in [3.63, 3.8) is 0 Å². The number of esters is 1. The number of anilines is 1. The second-order valence-electron chi connectivity index (χ2n) is 6.09. The molecule has 0 radical (unpaired) electrons. The third kappa shape index (κ3) is 4.73. The molecule has 0 atom stereocenters. The normalized spacial score (nSPS) is 10.8. The van der Waals surface area contributed by atoms with Crippen LogP contribution in [0.15, 0.2) is 66.9 Å². The summed E-state index contributed by atoms with van der Waals surface area (Å²) in [6, 6.07) is 16.4. The quantitative estimate of drug-likeness (QED) is 0.522. The Balaban J connectivity index is 1.63. The predicted octanol–water partition coefficient (Wildman–Crippen LogP) is 4.01. The van der Waals surface area contributed by atoms with Crippen LogP contribution in [-0.2, 0) is 9.53 Å². The van der Waals surface area contributed by atoms with Crippen LogP contribution in [0.25, 0.3) is 11.8 Å². The Morgan fingerprint density at radius 3 is 2.39 bits per heavy atom. The van der Waals surface area contributed by atoms with Gasteiger partial charge in [-0.3, -0.25) is 4.79 Å². The number of nitrogens with zero attached hydrogens (tertiary/aromatic N) is 2. The maximum atomic E-state index is 12.4. The number of hydrogen-bond acceptors (Lipinski definition) is 4. The highest BCUT2D eigenvalue weighted by Crippen LogP contribution is 2.15. The number of ether oxygens (including phenoxy) is 1. The van der Waals surface area contributed by atoms with Crippen molar-refractivity contribution in [1.29, 1.82) is 0 Å². The lowest BCUT2D eigenvalue weighted by molar-refractivity contribution is -0.137. The van der Waals surface area contributed by atoms with E-state index in [1.165, 1.54) is 6.08 Å². The van der Waals surface area contributed by atoms with Crippen molar-refractivity contribution in [2.45, 2.75) is 13.8 Å². The first-order valence-electron chi connectivity index (χ1n) is 8.94. The maximum Gasteiger partial charge on any atom is 0.330 e. The number of rotatable bonds is 6. The molecule has 0 aliphatic carbocycles. The van der Waals surface area contributed by atoms with Gasteiger partial charge in [0.2, 0.25) is 0 Å². The number of nitrogens with one attached hydrogen (secondary N) is 1. The largest absolute Gasteiger partial charge is 0.463 e. The molecule has 28 heavy (non-hydrogen) atoms. The molecular weight excluding hydrogens is 354 g/mol. The van der Waals surface area contributed by atoms with Gasteiger partial charge in [0.1, 0.15) is 0 Å². The van der Waals surface area contributed by atoms with Crippen molar-refractivity contribution in [3.05, 3.63) is 83.7 Å². The zero-order valence-electron chi connectivity index (χ0n) is 15.8. The number of aryl methyl sites for hydroxylation is 1. The Morgan fingerprint density at radius 2 is 1.79 bits per heavy atom. The molecule has 1 heterocycles. The van der Waals surface area contributed by atoms with Crippen LogP contribution in [0.1, 0.15) is 28.5 Å². The SMILES string of the molecule is CCOC(=O)C=Cc1ccc(NC(=O)c2ccc(-n3nccc3C)cc2)cc1. The third-order valence-corrected chi connectivity index (χ3v) is 4.07. The Kier molecular flexibility index (Phi) is 6.01. The number of hydrogen-bond donors (Lipinski definition) is 1. The molecule has 0 saturated carbocycles. The first kappa shape index (κ1) is 19.1. The molecule has 0 aliphatic heterocycles. The molecule has 0 bridgehead atoms. The van der Waals surface area contributed by atoms with E-state index < -0.39 is 0 Å². The van der Waals surface area contributed by atoms with Crippen molar-refractivity contribution in [3.8, 4) is 5.69 Å². The Hall–Kier alpha value is -3.67. The van der Waals surface area contributed by atoms with Crippen LogP contribution in [0.5, 0.6) is 0 Å². The van der Waals surface area contributed by atoms with E-state index in [1.807, 2.05) is 41.9 Å². The predicted molar refractivity (Wildman–Crippen MR) is 108 cm³/mol. The van der Waals surface area contributed by atoms with Crippen LogP contribution < -0.4 is 5.32 Å². The van der Waals surface area contributed by atoms with Gasteiger partial charge in [0.05, 0.1) is 12.3 Å². The summed E-state index contributed by atoms with van der Waals surface area (Å²) in [5.41, 5.74) is 3.99. The van der Waals surface area contributed by atoms with Crippen LogP contribution in [0.3, 0.4) is 0 Å². The minimum absolute atomic E-state index is 0.196. The fourth-order valence-corrected chi connectivity index (χ4v) is 2.63. The standard InChI is InChI=1S/C22H21N3O3/c1-3-28-21(26)13-6-17-4-9-19(10-5-17)24-22(27)18-7-11-20(12-8-18)25-16(2)14-15-23-25/h4-15H,3H2,1-2H3,(H,24,27). The van der Waals surface area contributed by atoms with Crippen molar-refractivity contribution in [1.82, 2.24) is 9.78 Å². The van der Waals surface area contributed by atoms with E-state index in [0.717, 1.165) is 16.9 Å². The second-order valence-corrected chi connectivity index (χ2v) is 6.09. The molecule has 1 aromatic heterocycles. The number of amides is 1. The van der Waals surface area contributed by atoms with Gasteiger partial charge in [-0.2, -0.15) is 5.10 Å². The van der Waals surface area contributed by atoms with E-state index >= 15 is 0 Å². The van der Waals surface area contributed by atoms with E-state index in [9.17, 15) is 9.59 Å². The first-order chi connectivity index (χ1) is 13.6. The van der Waals surface area contributed by atoms with Crippen LogP contribution >= 0.6 is 0 Å². The van der Waals surface area contributed by atoms with E-state index in [-0.39, 0.29) is 11.9 Å². The van der Waals surface area contributed by atoms with Gasteiger partial charge in [0.25, 0.3) is 5.91 Å². The first-order valence-corrected chi connectivity index (χ1v) is 8.94. The van der Waals surface area contributed by atoms with Gasteiger partial charge in [-0.25, -0.2) is 9.48 Å². The average Bonchev–Trinajstić information content (AvgIpc) is 3.14. The number of carbonyl (C=O) groups excluding carboxylic acids is 2. The Labute approximate surface area is 163 Å². The minimum Gasteiger partial charge on any atom is -0.463 e. The van der Waals surface area contributed by atoms with Crippen molar-refractivity contribution < 1.29 is 14.3 Å². The molecule has 0 spiro atoms. The van der Waals surface area contributed by atoms with Gasteiger partial charge < -0.3 is 10.1 Å². The molecule has 3 rings (SSSR count). The molecule has 6 nitrogen and oxygen atoms in total. The van der Waals surface area contributed by atoms with Gasteiger partial charge in [-0.15, -0.1) is 0 Å². The summed E-state index contributed by atoms with van der Waals surface area (Å²) in [7, 11) is 0. The van der Waals surface area contributed by atoms with Gasteiger partial charge in [-0.1, -0.05) is 12.1 Å². The van der Waals surface area contributed by atoms with Gasteiger partial charge in [0.15, 0.2) is 0 Å². The fraction of sp³-hybridized carbons (Fsp3) is 0.136. The molecule has 0 saturated heterocycles. The molecule has 142 valence electrons. The lowest BCUT2D eigenvalue weighted by Crippen LogP contribution is -2.12. The number of benzene rings is 2. The van der Waals surface area contributed by atoms with Crippen LogP contribution in [0, 0.1) is 6.92 Å². The topological polar surface area (TPSA) is 73.2 Å². The van der Waals surface area contributed by atoms with E-state index in [2.05, 4.69) is 10.4 Å². The number of aromatic nitrogens is 2. The smallest absolute Gasteiger partial charge is 0.330 e. The molecule has 1 amide bonds. The van der Waals surface area contributed by atoms with Crippen LogP contribution in [0.2, 0.25) is 0 Å². The monoisotopic (exact) mass is 375 g/mol. The summed E-state index contributed by atoms with van der Waals surface area (Å²) >= 11 is 0. The lowest BCUT2D eigenvalue weighted by Gasteiger charge is -2.08. The average molecular weight is 375 g/mol. The van der Waals surface area contributed by atoms with Gasteiger partial charge >= 0.3 is 5.97 Å². The molecule has 2 aromatic carbocycles. The van der Waals surface area contributed by atoms with Crippen molar-refractivity contribution in [2.75, 3.05) is 11.9 Å². The highest BCUT2D eigenvalue weighted by atomic mass is 16.5. The fourth-order valence-electron chi connectivity index (χ4n) is 2.63. The van der Waals surface area contributed by atoms with Gasteiger partial charge in [-0.05, 0) is 68.0 Å². The molecule has 6 heteroatoms. The third-order valence-electron chi connectivity index (χ3n) is 4.07. The highest BCUT2D eigenvalue weighted by molar-refractivity contribution is 6.04. The van der Waals surface area contributed by atoms with Crippen LogP contribution in [-0.4, -0.2) is 28.3 Å². The van der Waals surface area contributed by atoms with Crippen molar-refractivity contribution >= 4 is 23.6 Å². The van der Waals surface area contributed by atoms with E-state index in [1.54, 1.807) is 43.5 Å². The summed E-state index contributed by atoms with van der Waals surface area (Å²) in [5, 5.41) is 7.11. The van der Waals surface area contributed by atoms with E-state index in [0.29, 0.717) is 17.9 Å². The summed E-state index contributed by atoms with van der Waals surface area (Å²) < 4.78 is 6.65. The Bertz CT molecular complexity index is 987. The second kappa shape index (κ2) is 8.81. The molecular formula is C22H21N3O3. The number of carbonyl (C=O) groups is 2.